The van der Waals surface area contributed by atoms with Gasteiger partial charge in [-0.3, -0.25) is 0 Å². The van der Waals surface area contributed by atoms with Gasteiger partial charge in [0.1, 0.15) is 12.1 Å². The second-order valence-corrected chi connectivity index (χ2v) is 6.63. The zero-order chi connectivity index (χ0) is 14.8. The Hall–Kier alpha value is -1.40. The Labute approximate surface area is 122 Å². The van der Waals surface area contributed by atoms with E-state index in [1.807, 2.05) is 7.05 Å². The van der Waals surface area contributed by atoms with E-state index in [0.29, 0.717) is 6.54 Å². The second kappa shape index (κ2) is 5.93. The lowest BCUT2D eigenvalue weighted by atomic mass is 10.1. The van der Waals surface area contributed by atoms with E-state index in [4.69, 9.17) is 0 Å². The van der Waals surface area contributed by atoms with Crippen LogP contribution >= 0.6 is 11.8 Å². The standard InChI is InChI=1S/C14H19FN4S/c1-14(2,3)17-8-10-7-11(15)5-6-12(10)20-13-16-9-18-19(13)4/h5-7,9,17H,8H2,1-4H3. The van der Waals surface area contributed by atoms with E-state index >= 15 is 0 Å². The highest BCUT2D eigenvalue weighted by Crippen LogP contribution is 2.29. The van der Waals surface area contributed by atoms with Crippen molar-refractivity contribution < 1.29 is 4.39 Å². The van der Waals surface area contributed by atoms with E-state index < -0.39 is 0 Å². The molecule has 0 saturated heterocycles. The number of rotatable bonds is 4. The summed E-state index contributed by atoms with van der Waals surface area (Å²) in [6, 6.07) is 4.82. The summed E-state index contributed by atoms with van der Waals surface area (Å²) >= 11 is 1.49. The lowest BCUT2D eigenvalue weighted by Crippen LogP contribution is -2.35. The number of nitrogens with zero attached hydrogens (tertiary/aromatic N) is 3. The molecule has 0 aliphatic carbocycles. The van der Waals surface area contributed by atoms with Crippen LogP contribution in [0.1, 0.15) is 26.3 Å². The Bertz CT molecular complexity index is 589. The van der Waals surface area contributed by atoms with Crippen LogP contribution in [-0.4, -0.2) is 20.3 Å². The summed E-state index contributed by atoms with van der Waals surface area (Å²) < 4.78 is 15.2. The summed E-state index contributed by atoms with van der Waals surface area (Å²) in [4.78, 5) is 5.17. The lowest BCUT2D eigenvalue weighted by Gasteiger charge is -2.21. The lowest BCUT2D eigenvalue weighted by molar-refractivity contribution is 0.422. The van der Waals surface area contributed by atoms with E-state index in [2.05, 4.69) is 36.2 Å². The van der Waals surface area contributed by atoms with Gasteiger partial charge < -0.3 is 5.32 Å². The quantitative estimate of drug-likeness (QED) is 0.941. The van der Waals surface area contributed by atoms with Crippen molar-refractivity contribution in [3.8, 4) is 0 Å². The average Bonchev–Trinajstić information content (AvgIpc) is 2.74. The van der Waals surface area contributed by atoms with Crippen LogP contribution in [0.3, 0.4) is 0 Å². The Morgan fingerprint density at radius 3 is 2.70 bits per heavy atom. The van der Waals surface area contributed by atoms with Crippen molar-refractivity contribution in [3.05, 3.63) is 35.9 Å². The van der Waals surface area contributed by atoms with Crippen molar-refractivity contribution in [2.45, 2.75) is 42.9 Å². The largest absolute Gasteiger partial charge is 0.308 e. The van der Waals surface area contributed by atoms with Crippen LogP contribution in [-0.2, 0) is 13.6 Å². The predicted molar refractivity (Wildman–Crippen MR) is 78.1 cm³/mol. The molecule has 0 spiro atoms. The zero-order valence-electron chi connectivity index (χ0n) is 12.1. The zero-order valence-corrected chi connectivity index (χ0v) is 13.0. The molecule has 1 N–H and O–H groups in total. The number of hydrogen-bond acceptors (Lipinski definition) is 4. The third kappa shape index (κ3) is 4.05. The van der Waals surface area contributed by atoms with Crippen LogP contribution in [0.15, 0.2) is 34.6 Å². The van der Waals surface area contributed by atoms with Crippen molar-refractivity contribution in [1.82, 2.24) is 20.1 Å². The fourth-order valence-electron chi connectivity index (χ4n) is 1.62. The van der Waals surface area contributed by atoms with Gasteiger partial charge in [-0.05, 0) is 56.3 Å². The van der Waals surface area contributed by atoms with Gasteiger partial charge in [0, 0.05) is 24.0 Å². The molecule has 0 unspecified atom stereocenters. The molecule has 1 aromatic carbocycles. The van der Waals surface area contributed by atoms with Crippen molar-refractivity contribution in [3.63, 3.8) is 0 Å². The summed E-state index contributed by atoms with van der Waals surface area (Å²) in [5.74, 6) is -0.224. The van der Waals surface area contributed by atoms with Crippen molar-refractivity contribution in [2.24, 2.45) is 7.05 Å². The third-order valence-corrected chi connectivity index (χ3v) is 3.87. The number of hydrogen-bond donors (Lipinski definition) is 1. The maximum Gasteiger partial charge on any atom is 0.190 e. The Morgan fingerprint density at radius 1 is 1.35 bits per heavy atom. The summed E-state index contributed by atoms with van der Waals surface area (Å²) in [5, 5.41) is 8.20. The van der Waals surface area contributed by atoms with Gasteiger partial charge in [-0.1, -0.05) is 0 Å². The fourth-order valence-corrected chi connectivity index (χ4v) is 2.50. The van der Waals surface area contributed by atoms with Crippen LogP contribution in [0.25, 0.3) is 0 Å². The molecule has 108 valence electrons. The van der Waals surface area contributed by atoms with E-state index in [0.717, 1.165) is 15.6 Å². The Kier molecular flexibility index (Phi) is 4.45. The molecule has 0 aliphatic heterocycles. The number of benzene rings is 1. The first-order valence-electron chi connectivity index (χ1n) is 6.40. The van der Waals surface area contributed by atoms with Crippen molar-refractivity contribution in [1.29, 1.82) is 0 Å². The molecule has 0 fully saturated rings. The second-order valence-electron chi connectivity index (χ2n) is 5.62. The van der Waals surface area contributed by atoms with E-state index in [1.165, 1.54) is 24.2 Å². The molecule has 1 heterocycles. The average molecular weight is 294 g/mol. The van der Waals surface area contributed by atoms with Crippen LogP contribution in [0.2, 0.25) is 0 Å². The van der Waals surface area contributed by atoms with Gasteiger partial charge in [-0.2, -0.15) is 5.10 Å². The van der Waals surface area contributed by atoms with E-state index in [-0.39, 0.29) is 11.4 Å². The molecule has 2 rings (SSSR count). The summed E-state index contributed by atoms with van der Waals surface area (Å²) in [7, 11) is 1.84. The van der Waals surface area contributed by atoms with Crippen molar-refractivity contribution >= 4 is 11.8 Å². The van der Waals surface area contributed by atoms with Crippen LogP contribution in [0, 0.1) is 5.82 Å². The molecule has 0 radical (unpaired) electrons. The molecular formula is C14H19FN4S. The van der Waals surface area contributed by atoms with Crippen LogP contribution in [0.4, 0.5) is 4.39 Å². The van der Waals surface area contributed by atoms with Crippen LogP contribution in [0.5, 0.6) is 0 Å². The van der Waals surface area contributed by atoms with Gasteiger partial charge in [0.25, 0.3) is 0 Å². The minimum Gasteiger partial charge on any atom is -0.308 e. The van der Waals surface area contributed by atoms with Crippen molar-refractivity contribution in [2.75, 3.05) is 0 Å². The molecule has 0 amide bonds. The maximum absolute atomic E-state index is 13.5. The SMILES string of the molecule is Cn1ncnc1Sc1ccc(F)cc1CNC(C)(C)C. The highest BCUT2D eigenvalue weighted by molar-refractivity contribution is 7.99. The van der Waals surface area contributed by atoms with E-state index in [1.54, 1.807) is 16.8 Å². The smallest absolute Gasteiger partial charge is 0.190 e. The first-order valence-corrected chi connectivity index (χ1v) is 7.22. The third-order valence-electron chi connectivity index (χ3n) is 2.70. The molecular weight excluding hydrogens is 275 g/mol. The number of nitrogens with one attached hydrogen (secondary N) is 1. The minimum atomic E-state index is -0.224. The topological polar surface area (TPSA) is 42.7 Å². The first kappa shape index (κ1) is 15.0. The number of aryl methyl sites for hydroxylation is 1. The van der Waals surface area contributed by atoms with Gasteiger partial charge in [0.15, 0.2) is 5.16 Å². The fraction of sp³-hybridized carbons (Fsp3) is 0.429. The summed E-state index contributed by atoms with van der Waals surface area (Å²) in [6.45, 7) is 6.87. The molecule has 6 heteroatoms. The molecule has 0 aliphatic rings. The normalized spacial score (nSPS) is 11.8. The highest BCUT2D eigenvalue weighted by atomic mass is 32.2. The number of aromatic nitrogens is 3. The molecule has 4 nitrogen and oxygen atoms in total. The van der Waals surface area contributed by atoms with Crippen LogP contribution < -0.4 is 5.32 Å². The van der Waals surface area contributed by atoms with Gasteiger partial charge >= 0.3 is 0 Å². The Balaban J connectivity index is 2.21. The van der Waals surface area contributed by atoms with E-state index in [9.17, 15) is 4.39 Å². The van der Waals surface area contributed by atoms with Gasteiger partial charge in [-0.25, -0.2) is 14.1 Å². The molecule has 0 atom stereocenters. The Morgan fingerprint density at radius 2 is 2.10 bits per heavy atom. The number of halogens is 1. The van der Waals surface area contributed by atoms with Gasteiger partial charge in [-0.15, -0.1) is 0 Å². The first-order chi connectivity index (χ1) is 9.35. The monoisotopic (exact) mass is 294 g/mol. The maximum atomic E-state index is 13.5. The molecule has 20 heavy (non-hydrogen) atoms. The molecule has 1 aromatic heterocycles. The summed E-state index contributed by atoms with van der Waals surface area (Å²) in [6.07, 6.45) is 1.51. The summed E-state index contributed by atoms with van der Waals surface area (Å²) in [5.41, 5.74) is 0.909. The minimum absolute atomic E-state index is 0.0148. The molecule has 0 bridgehead atoms. The highest BCUT2D eigenvalue weighted by Gasteiger charge is 2.13. The predicted octanol–water partition coefficient (Wildman–Crippen LogP) is 2.99. The van der Waals surface area contributed by atoms with Gasteiger partial charge in [0.05, 0.1) is 0 Å². The van der Waals surface area contributed by atoms with Gasteiger partial charge in [0.2, 0.25) is 0 Å². The molecule has 0 saturated carbocycles. The molecule has 2 aromatic rings.